The third kappa shape index (κ3) is 5.05. The summed E-state index contributed by atoms with van der Waals surface area (Å²) in [7, 11) is 2.98. The number of hydrogen-bond acceptors (Lipinski definition) is 7. The molecule has 1 aliphatic rings. The quantitative estimate of drug-likeness (QED) is 0.336. The molecule has 0 radical (unpaired) electrons. The first kappa shape index (κ1) is 25.2. The average Bonchev–Trinajstić information content (AvgIpc) is 3.47. The number of alkyl halides is 4. The van der Waals surface area contributed by atoms with Crippen molar-refractivity contribution in [2.45, 2.75) is 31.4 Å². The van der Waals surface area contributed by atoms with Gasteiger partial charge in [-0.2, -0.15) is 4.98 Å². The van der Waals surface area contributed by atoms with Crippen LogP contribution in [0, 0.1) is 0 Å². The van der Waals surface area contributed by atoms with Gasteiger partial charge in [0.15, 0.2) is 0 Å². The predicted octanol–water partition coefficient (Wildman–Crippen LogP) is 3.79. The Hall–Kier alpha value is -3.45. The van der Waals surface area contributed by atoms with E-state index in [1.165, 1.54) is 22.5 Å². The standard InChI is InChI=1S/C24H27F4N7O2/c1-36-10-9-33-7-6-19(24(27,28)13-33)30-23-31-22(37-2)21-16(5-8-35(21)32-23)15-3-4-17-18(11-15)34(14-29-17)12-20(25)26/h3-5,8,11,14,19-20H,6-7,9-10,12-13H2,1-2H3,(H,30,32)/t19-/m1/s1. The molecule has 1 fully saturated rings. The normalized spacial score (nSPS) is 18.2. The molecule has 198 valence electrons. The third-order valence-corrected chi connectivity index (χ3v) is 6.53. The number of rotatable bonds is 9. The summed E-state index contributed by atoms with van der Waals surface area (Å²) in [5.41, 5.74) is 3.11. The smallest absolute Gasteiger partial charge is 0.280 e. The number of aromatic nitrogens is 5. The fraction of sp³-hybridized carbons (Fsp3) is 0.458. The Morgan fingerprint density at radius 3 is 2.78 bits per heavy atom. The Morgan fingerprint density at radius 1 is 1.22 bits per heavy atom. The van der Waals surface area contributed by atoms with Crippen LogP contribution in [0.15, 0.2) is 36.8 Å². The topological polar surface area (TPSA) is 81.7 Å². The fourth-order valence-electron chi connectivity index (χ4n) is 4.70. The molecular formula is C24H27F4N7O2. The zero-order valence-electron chi connectivity index (χ0n) is 20.4. The molecule has 0 aliphatic carbocycles. The summed E-state index contributed by atoms with van der Waals surface area (Å²) in [5.74, 6) is -2.78. The van der Waals surface area contributed by atoms with Crippen LogP contribution < -0.4 is 10.1 Å². The molecule has 0 unspecified atom stereocenters. The first-order valence-corrected chi connectivity index (χ1v) is 11.8. The van der Waals surface area contributed by atoms with Gasteiger partial charge in [-0.1, -0.05) is 6.07 Å². The Labute approximate surface area is 210 Å². The molecule has 9 nitrogen and oxygen atoms in total. The first-order chi connectivity index (χ1) is 17.8. The van der Waals surface area contributed by atoms with Gasteiger partial charge in [0.2, 0.25) is 11.8 Å². The van der Waals surface area contributed by atoms with Crippen molar-refractivity contribution in [1.82, 2.24) is 29.0 Å². The Bertz CT molecular complexity index is 1390. The van der Waals surface area contributed by atoms with Gasteiger partial charge in [0.05, 0.1) is 50.2 Å². The SMILES string of the molecule is COCCN1CC[C@@H](Nc2nc(OC)c3c(-c4ccc5ncn(CC(F)F)c5c4)ccn3n2)C(F)(F)C1. The summed E-state index contributed by atoms with van der Waals surface area (Å²) in [6.07, 6.45) is 0.758. The molecule has 13 heteroatoms. The van der Waals surface area contributed by atoms with E-state index < -0.39 is 24.9 Å². The van der Waals surface area contributed by atoms with Gasteiger partial charge >= 0.3 is 0 Å². The Balaban J connectivity index is 1.44. The molecule has 0 amide bonds. The van der Waals surface area contributed by atoms with Gasteiger partial charge in [-0.25, -0.2) is 27.1 Å². The summed E-state index contributed by atoms with van der Waals surface area (Å²) in [6.45, 7) is 0.479. The highest BCUT2D eigenvalue weighted by Gasteiger charge is 2.45. The van der Waals surface area contributed by atoms with Crippen LogP contribution >= 0.6 is 0 Å². The molecule has 1 aromatic carbocycles. The van der Waals surface area contributed by atoms with Crippen molar-refractivity contribution in [3.05, 3.63) is 36.8 Å². The number of hydrogen-bond donors (Lipinski definition) is 1. The van der Waals surface area contributed by atoms with Crippen molar-refractivity contribution in [3.8, 4) is 17.0 Å². The lowest BCUT2D eigenvalue weighted by atomic mass is 10.0. The molecule has 1 saturated heterocycles. The van der Waals surface area contributed by atoms with E-state index in [4.69, 9.17) is 9.47 Å². The van der Waals surface area contributed by atoms with Crippen molar-refractivity contribution in [3.63, 3.8) is 0 Å². The number of anilines is 1. The van der Waals surface area contributed by atoms with Crippen molar-refractivity contribution in [1.29, 1.82) is 0 Å². The Kier molecular flexibility index (Phi) is 6.90. The molecule has 4 aromatic rings. The molecule has 1 atom stereocenters. The summed E-state index contributed by atoms with van der Waals surface area (Å²) in [4.78, 5) is 10.2. The number of nitrogens with one attached hydrogen (secondary N) is 1. The second-order valence-electron chi connectivity index (χ2n) is 8.97. The van der Waals surface area contributed by atoms with Crippen LogP contribution in [0.25, 0.3) is 27.7 Å². The van der Waals surface area contributed by atoms with Gasteiger partial charge < -0.3 is 19.4 Å². The van der Waals surface area contributed by atoms with Crippen LogP contribution in [0.4, 0.5) is 23.5 Å². The van der Waals surface area contributed by atoms with E-state index in [1.807, 2.05) is 6.07 Å². The monoisotopic (exact) mass is 521 g/mol. The van der Waals surface area contributed by atoms with E-state index in [0.717, 1.165) is 5.56 Å². The van der Waals surface area contributed by atoms with Crippen molar-refractivity contribution < 1.29 is 27.0 Å². The van der Waals surface area contributed by atoms with Crippen molar-refractivity contribution in [2.24, 2.45) is 0 Å². The van der Waals surface area contributed by atoms with Crippen molar-refractivity contribution >= 4 is 22.5 Å². The van der Waals surface area contributed by atoms with Crippen LogP contribution in [0.3, 0.4) is 0 Å². The van der Waals surface area contributed by atoms with E-state index in [2.05, 4.69) is 20.4 Å². The highest BCUT2D eigenvalue weighted by atomic mass is 19.3. The van der Waals surface area contributed by atoms with Crippen molar-refractivity contribution in [2.75, 3.05) is 45.8 Å². The average molecular weight is 522 g/mol. The zero-order valence-corrected chi connectivity index (χ0v) is 20.4. The van der Waals surface area contributed by atoms with Crippen LogP contribution in [-0.4, -0.2) is 87.9 Å². The van der Waals surface area contributed by atoms with E-state index >= 15 is 0 Å². The molecule has 37 heavy (non-hydrogen) atoms. The molecule has 3 aromatic heterocycles. The molecule has 5 rings (SSSR count). The highest BCUT2D eigenvalue weighted by molar-refractivity contribution is 5.89. The molecular weight excluding hydrogens is 494 g/mol. The van der Waals surface area contributed by atoms with E-state index in [1.54, 1.807) is 36.4 Å². The van der Waals surface area contributed by atoms with Gasteiger partial charge in [0.25, 0.3) is 12.3 Å². The number of piperidine rings is 1. The maximum atomic E-state index is 14.9. The second-order valence-corrected chi connectivity index (χ2v) is 8.97. The second kappa shape index (κ2) is 10.1. The van der Waals surface area contributed by atoms with Gasteiger partial charge in [-0.15, -0.1) is 5.10 Å². The summed E-state index contributed by atoms with van der Waals surface area (Å²) < 4.78 is 69.1. The third-order valence-electron chi connectivity index (χ3n) is 6.53. The van der Waals surface area contributed by atoms with Gasteiger partial charge in [0.1, 0.15) is 5.52 Å². The fourth-order valence-corrected chi connectivity index (χ4v) is 4.70. The lowest BCUT2D eigenvalue weighted by Gasteiger charge is -2.38. The maximum Gasteiger partial charge on any atom is 0.280 e. The summed E-state index contributed by atoms with van der Waals surface area (Å²) in [5, 5.41) is 7.19. The number of likely N-dealkylation sites (tertiary alicyclic amines) is 1. The predicted molar refractivity (Wildman–Crippen MR) is 130 cm³/mol. The summed E-state index contributed by atoms with van der Waals surface area (Å²) in [6, 6.07) is 5.99. The van der Waals surface area contributed by atoms with Crippen LogP contribution in [0.2, 0.25) is 0 Å². The van der Waals surface area contributed by atoms with Crippen LogP contribution in [0.1, 0.15) is 6.42 Å². The minimum absolute atomic E-state index is 0.0204. The van der Waals surface area contributed by atoms with E-state index in [0.29, 0.717) is 41.8 Å². The van der Waals surface area contributed by atoms with E-state index in [-0.39, 0.29) is 24.8 Å². The molecule has 1 aliphatic heterocycles. The Morgan fingerprint density at radius 2 is 2.05 bits per heavy atom. The lowest BCUT2D eigenvalue weighted by molar-refractivity contribution is -0.0770. The molecule has 0 saturated carbocycles. The van der Waals surface area contributed by atoms with Crippen LogP contribution in [0.5, 0.6) is 5.88 Å². The number of imidazole rings is 1. The van der Waals surface area contributed by atoms with Gasteiger partial charge in [0, 0.05) is 32.0 Å². The first-order valence-electron chi connectivity index (χ1n) is 11.8. The number of nitrogens with zero attached hydrogens (tertiary/aromatic N) is 6. The van der Waals surface area contributed by atoms with Gasteiger partial charge in [-0.05, 0) is 30.2 Å². The number of fused-ring (bicyclic) bond motifs is 2. The number of benzene rings is 1. The highest BCUT2D eigenvalue weighted by Crippen LogP contribution is 2.34. The maximum absolute atomic E-state index is 14.9. The zero-order chi connectivity index (χ0) is 26.2. The largest absolute Gasteiger partial charge is 0.479 e. The van der Waals surface area contributed by atoms with Crippen LogP contribution in [-0.2, 0) is 11.3 Å². The number of ether oxygens (including phenoxy) is 2. The van der Waals surface area contributed by atoms with Gasteiger partial charge in [-0.3, -0.25) is 4.90 Å². The minimum Gasteiger partial charge on any atom is -0.479 e. The molecule has 0 bridgehead atoms. The number of halogens is 4. The molecule has 0 spiro atoms. The number of methoxy groups -OCH3 is 2. The molecule has 4 heterocycles. The summed E-state index contributed by atoms with van der Waals surface area (Å²) >= 11 is 0. The lowest BCUT2D eigenvalue weighted by Crippen LogP contribution is -2.55. The van der Waals surface area contributed by atoms with E-state index in [9.17, 15) is 17.6 Å². The minimum atomic E-state index is -2.99. The molecule has 1 N–H and O–H groups in total.